The summed E-state index contributed by atoms with van der Waals surface area (Å²) in [5, 5.41) is 5.58. The van der Waals surface area contributed by atoms with Crippen LogP contribution in [0.1, 0.15) is 29.0 Å². The van der Waals surface area contributed by atoms with E-state index < -0.39 is 0 Å². The van der Waals surface area contributed by atoms with Gasteiger partial charge in [0.2, 0.25) is 0 Å². The van der Waals surface area contributed by atoms with Crippen LogP contribution < -0.4 is 10.1 Å². The Morgan fingerprint density at radius 2 is 2.05 bits per heavy atom. The van der Waals surface area contributed by atoms with Gasteiger partial charge in [0, 0.05) is 17.5 Å². The average Bonchev–Trinajstić information content (AvgIpc) is 2.92. The molecular weight excluding hydrogens is 254 g/mol. The van der Waals surface area contributed by atoms with Crippen LogP contribution in [0.3, 0.4) is 0 Å². The minimum atomic E-state index is 0.392. The summed E-state index contributed by atoms with van der Waals surface area (Å²) in [5.41, 5.74) is 2.58. The molecule has 1 N–H and O–H groups in total. The number of hydrogen-bond acceptors (Lipinski definition) is 3. The first-order valence-electron chi connectivity index (χ1n) is 6.63. The van der Waals surface area contributed by atoms with Gasteiger partial charge < -0.3 is 10.1 Å². The Bertz CT molecular complexity index is 507. The monoisotopic (exact) mass is 275 g/mol. The van der Waals surface area contributed by atoms with Gasteiger partial charge in [-0.1, -0.05) is 12.1 Å². The van der Waals surface area contributed by atoms with Crippen molar-refractivity contribution in [1.29, 1.82) is 0 Å². The van der Waals surface area contributed by atoms with Crippen molar-refractivity contribution < 1.29 is 4.74 Å². The van der Waals surface area contributed by atoms with Crippen molar-refractivity contribution in [3.8, 4) is 5.75 Å². The van der Waals surface area contributed by atoms with E-state index in [0.29, 0.717) is 12.6 Å². The summed E-state index contributed by atoms with van der Waals surface area (Å²) in [6.07, 6.45) is 0. The molecule has 2 rings (SSSR count). The summed E-state index contributed by atoms with van der Waals surface area (Å²) in [6.45, 7) is 7.95. The maximum absolute atomic E-state index is 5.75. The lowest BCUT2D eigenvalue weighted by atomic mass is 10.1. The van der Waals surface area contributed by atoms with Crippen molar-refractivity contribution in [1.82, 2.24) is 5.32 Å². The number of thiophene rings is 1. The first kappa shape index (κ1) is 14.1. The van der Waals surface area contributed by atoms with Crippen LogP contribution in [0.2, 0.25) is 0 Å². The molecule has 2 nitrogen and oxygen atoms in total. The molecule has 0 aliphatic rings. The molecule has 0 saturated heterocycles. The van der Waals surface area contributed by atoms with E-state index in [-0.39, 0.29) is 0 Å². The Morgan fingerprint density at radius 1 is 1.21 bits per heavy atom. The molecule has 0 aliphatic carbocycles. The van der Waals surface area contributed by atoms with Crippen molar-refractivity contribution in [2.45, 2.75) is 26.8 Å². The van der Waals surface area contributed by atoms with Crippen LogP contribution >= 0.6 is 11.3 Å². The minimum absolute atomic E-state index is 0.392. The van der Waals surface area contributed by atoms with Crippen LogP contribution in [-0.4, -0.2) is 13.2 Å². The lowest BCUT2D eigenvalue weighted by Crippen LogP contribution is -2.23. The van der Waals surface area contributed by atoms with Crippen LogP contribution in [0.15, 0.2) is 35.7 Å². The van der Waals surface area contributed by atoms with Gasteiger partial charge in [-0.05, 0) is 55.5 Å². The van der Waals surface area contributed by atoms with E-state index in [9.17, 15) is 0 Å². The molecule has 0 spiro atoms. The zero-order valence-corrected chi connectivity index (χ0v) is 12.6. The predicted molar refractivity (Wildman–Crippen MR) is 82.1 cm³/mol. The predicted octanol–water partition coefficient (Wildman–Crippen LogP) is 4.09. The third kappa shape index (κ3) is 4.08. The van der Waals surface area contributed by atoms with E-state index in [2.05, 4.69) is 55.7 Å². The quantitative estimate of drug-likeness (QED) is 0.802. The first-order valence-corrected chi connectivity index (χ1v) is 7.51. The highest BCUT2D eigenvalue weighted by atomic mass is 32.1. The van der Waals surface area contributed by atoms with E-state index in [1.165, 1.54) is 16.0 Å². The zero-order chi connectivity index (χ0) is 13.7. The number of benzene rings is 1. The molecular formula is C16H21NOS. The van der Waals surface area contributed by atoms with Gasteiger partial charge in [0.25, 0.3) is 0 Å². The van der Waals surface area contributed by atoms with Crippen molar-refractivity contribution in [3.05, 3.63) is 51.7 Å². The van der Waals surface area contributed by atoms with Crippen LogP contribution in [0.4, 0.5) is 0 Å². The summed E-state index contributed by atoms with van der Waals surface area (Å²) >= 11 is 1.79. The molecule has 0 radical (unpaired) electrons. The lowest BCUT2D eigenvalue weighted by molar-refractivity contribution is 0.308. The highest BCUT2D eigenvalue weighted by Gasteiger charge is 2.04. The highest BCUT2D eigenvalue weighted by Crippen LogP contribution is 2.18. The second kappa shape index (κ2) is 6.73. The largest absolute Gasteiger partial charge is 0.492 e. The lowest BCUT2D eigenvalue weighted by Gasteiger charge is -2.13. The van der Waals surface area contributed by atoms with E-state index in [0.717, 1.165) is 12.3 Å². The summed E-state index contributed by atoms with van der Waals surface area (Å²) < 4.78 is 5.75. The Kier molecular flexibility index (Phi) is 5.00. The number of ether oxygens (including phenoxy) is 1. The third-order valence-electron chi connectivity index (χ3n) is 3.27. The van der Waals surface area contributed by atoms with Crippen LogP contribution in [0.25, 0.3) is 0 Å². The molecule has 0 bridgehead atoms. The van der Waals surface area contributed by atoms with Gasteiger partial charge in [0.1, 0.15) is 12.4 Å². The average molecular weight is 275 g/mol. The van der Waals surface area contributed by atoms with E-state index in [1.807, 2.05) is 6.07 Å². The molecule has 0 amide bonds. The van der Waals surface area contributed by atoms with Crippen molar-refractivity contribution in [3.63, 3.8) is 0 Å². The van der Waals surface area contributed by atoms with Crippen LogP contribution in [-0.2, 0) is 0 Å². The normalized spacial score (nSPS) is 12.4. The van der Waals surface area contributed by atoms with E-state index >= 15 is 0 Å². The summed E-state index contributed by atoms with van der Waals surface area (Å²) in [5.74, 6) is 0.952. The third-order valence-corrected chi connectivity index (χ3v) is 4.32. The molecule has 1 unspecified atom stereocenters. The molecule has 1 heterocycles. The van der Waals surface area contributed by atoms with Gasteiger partial charge in [0.15, 0.2) is 0 Å². The summed E-state index contributed by atoms with van der Waals surface area (Å²) in [7, 11) is 0. The topological polar surface area (TPSA) is 21.3 Å². The molecule has 1 aromatic heterocycles. The Hall–Kier alpha value is -1.32. The maximum Gasteiger partial charge on any atom is 0.119 e. The van der Waals surface area contributed by atoms with Gasteiger partial charge in [0.05, 0.1) is 0 Å². The second-order valence-electron chi connectivity index (χ2n) is 4.79. The number of hydrogen-bond donors (Lipinski definition) is 1. The number of rotatable bonds is 6. The zero-order valence-electron chi connectivity index (χ0n) is 11.8. The number of nitrogens with one attached hydrogen (secondary N) is 1. The summed E-state index contributed by atoms with van der Waals surface area (Å²) in [6, 6.07) is 10.9. The summed E-state index contributed by atoms with van der Waals surface area (Å²) in [4.78, 5) is 1.37. The SMILES string of the molecule is Cc1ccc(OCCNC(C)c2cccs2)cc1C. The van der Waals surface area contributed by atoms with Gasteiger partial charge in [-0.3, -0.25) is 0 Å². The molecule has 2 aromatic rings. The fourth-order valence-corrected chi connectivity index (χ4v) is 2.65. The standard InChI is InChI=1S/C16H21NOS/c1-12-6-7-15(11-13(12)2)18-9-8-17-14(3)16-5-4-10-19-16/h4-7,10-11,14,17H,8-9H2,1-3H3. The second-order valence-corrected chi connectivity index (χ2v) is 5.77. The number of aryl methyl sites for hydroxylation is 2. The molecule has 1 aromatic carbocycles. The highest BCUT2D eigenvalue weighted by molar-refractivity contribution is 7.10. The van der Waals surface area contributed by atoms with Crippen molar-refractivity contribution in [2.75, 3.05) is 13.2 Å². The first-order chi connectivity index (χ1) is 9.16. The molecule has 0 saturated carbocycles. The van der Waals surface area contributed by atoms with Crippen molar-refractivity contribution in [2.24, 2.45) is 0 Å². The smallest absolute Gasteiger partial charge is 0.119 e. The molecule has 3 heteroatoms. The maximum atomic E-state index is 5.75. The molecule has 1 atom stereocenters. The molecule has 102 valence electrons. The fourth-order valence-electron chi connectivity index (χ4n) is 1.89. The molecule has 0 fully saturated rings. The fraction of sp³-hybridized carbons (Fsp3) is 0.375. The van der Waals surface area contributed by atoms with Gasteiger partial charge in [-0.2, -0.15) is 0 Å². The van der Waals surface area contributed by atoms with E-state index in [1.54, 1.807) is 11.3 Å². The Labute approximate surface area is 119 Å². The van der Waals surface area contributed by atoms with E-state index in [4.69, 9.17) is 4.74 Å². The van der Waals surface area contributed by atoms with Gasteiger partial charge in [-0.25, -0.2) is 0 Å². The van der Waals surface area contributed by atoms with Crippen LogP contribution in [0.5, 0.6) is 5.75 Å². The van der Waals surface area contributed by atoms with Crippen LogP contribution in [0, 0.1) is 13.8 Å². The molecule has 19 heavy (non-hydrogen) atoms. The Balaban J connectivity index is 1.73. The van der Waals surface area contributed by atoms with Gasteiger partial charge in [-0.15, -0.1) is 11.3 Å². The van der Waals surface area contributed by atoms with Gasteiger partial charge >= 0.3 is 0 Å². The Morgan fingerprint density at radius 3 is 2.74 bits per heavy atom. The molecule has 0 aliphatic heterocycles. The minimum Gasteiger partial charge on any atom is -0.492 e. The van der Waals surface area contributed by atoms with Crippen molar-refractivity contribution >= 4 is 11.3 Å².